The molecule has 0 saturated carbocycles. The van der Waals surface area contributed by atoms with Crippen LogP contribution in [0.1, 0.15) is 28.5 Å². The zero-order valence-electron chi connectivity index (χ0n) is 15.3. The van der Waals surface area contributed by atoms with Crippen LogP contribution in [0.25, 0.3) is 10.9 Å². The number of ether oxygens (including phenoxy) is 3. The van der Waals surface area contributed by atoms with Crippen LogP contribution in [0.2, 0.25) is 0 Å². The van der Waals surface area contributed by atoms with Crippen LogP contribution in [0.5, 0.6) is 17.2 Å². The number of esters is 1. The molecule has 0 atom stereocenters. The first-order valence-electron chi connectivity index (χ1n) is 8.39. The number of nitrogens with one attached hydrogen (secondary N) is 1. The fourth-order valence-corrected chi connectivity index (χ4v) is 3.40. The monoisotopic (exact) mass is 433 g/mol. The summed E-state index contributed by atoms with van der Waals surface area (Å²) in [7, 11) is 2.95. The molecule has 1 aromatic heterocycles. The van der Waals surface area contributed by atoms with Gasteiger partial charge in [-0.1, -0.05) is 15.9 Å². The van der Waals surface area contributed by atoms with Gasteiger partial charge in [-0.05, 0) is 48.4 Å². The van der Waals surface area contributed by atoms with Crippen molar-refractivity contribution >= 4 is 32.8 Å². The van der Waals surface area contributed by atoms with Crippen LogP contribution < -0.4 is 9.47 Å². The summed E-state index contributed by atoms with van der Waals surface area (Å²) in [6, 6.07) is 9.22. The Morgan fingerprint density at radius 2 is 1.81 bits per heavy atom. The van der Waals surface area contributed by atoms with Crippen LogP contribution in [-0.4, -0.2) is 36.9 Å². The summed E-state index contributed by atoms with van der Waals surface area (Å²) in [5.74, 6) is 0.152. The van der Waals surface area contributed by atoms with E-state index in [1.54, 1.807) is 19.1 Å². The molecule has 0 unspecified atom stereocenters. The van der Waals surface area contributed by atoms with Gasteiger partial charge in [-0.3, -0.25) is 0 Å². The maximum atomic E-state index is 12.5. The Morgan fingerprint density at radius 1 is 1.15 bits per heavy atom. The number of aromatic hydroxyl groups is 1. The van der Waals surface area contributed by atoms with Crippen molar-refractivity contribution in [3.8, 4) is 17.2 Å². The molecule has 0 aliphatic carbocycles. The fraction of sp³-hybridized carbons (Fsp3) is 0.250. The SMILES string of the molecule is CCOC(=O)c1[nH]c2ccc(Br)cc2c1Cc1cc(OC)c(O)c(OC)c1. The smallest absolute Gasteiger partial charge is 0.355 e. The number of fused-ring (bicyclic) bond motifs is 1. The van der Waals surface area contributed by atoms with Crippen LogP contribution in [0.4, 0.5) is 0 Å². The van der Waals surface area contributed by atoms with E-state index in [2.05, 4.69) is 20.9 Å². The maximum absolute atomic E-state index is 12.5. The summed E-state index contributed by atoms with van der Waals surface area (Å²) in [6.07, 6.45) is 0.428. The van der Waals surface area contributed by atoms with Crippen LogP contribution >= 0.6 is 15.9 Å². The largest absolute Gasteiger partial charge is 0.502 e. The highest BCUT2D eigenvalue weighted by Crippen LogP contribution is 2.38. The normalized spacial score (nSPS) is 10.8. The molecule has 1 heterocycles. The molecule has 2 aromatic carbocycles. The molecule has 0 saturated heterocycles. The molecule has 0 bridgehead atoms. The lowest BCUT2D eigenvalue weighted by Crippen LogP contribution is -2.08. The molecule has 3 rings (SSSR count). The second kappa shape index (κ2) is 7.92. The summed E-state index contributed by atoms with van der Waals surface area (Å²) in [6.45, 7) is 2.06. The summed E-state index contributed by atoms with van der Waals surface area (Å²) < 4.78 is 16.6. The number of phenols is 1. The average Bonchev–Trinajstić information content (AvgIpc) is 3.01. The highest BCUT2D eigenvalue weighted by molar-refractivity contribution is 9.10. The molecule has 27 heavy (non-hydrogen) atoms. The van der Waals surface area contributed by atoms with Crippen LogP contribution in [0, 0.1) is 0 Å². The number of phenolic OH excluding ortho intramolecular Hbond substituents is 1. The molecule has 0 fully saturated rings. The van der Waals surface area contributed by atoms with Gasteiger partial charge in [-0.2, -0.15) is 0 Å². The Balaban J connectivity index is 2.14. The molecule has 0 aliphatic heterocycles. The van der Waals surface area contributed by atoms with Crippen molar-refractivity contribution in [2.45, 2.75) is 13.3 Å². The highest BCUT2D eigenvalue weighted by Gasteiger charge is 2.21. The number of methoxy groups -OCH3 is 2. The van der Waals surface area contributed by atoms with E-state index in [4.69, 9.17) is 14.2 Å². The molecule has 0 aliphatic rings. The Labute approximate surface area is 165 Å². The summed E-state index contributed by atoms with van der Waals surface area (Å²) in [5.41, 5.74) is 2.89. The lowest BCUT2D eigenvalue weighted by molar-refractivity contribution is 0.0519. The number of aromatic amines is 1. The minimum absolute atomic E-state index is 0.0592. The van der Waals surface area contributed by atoms with Gasteiger partial charge in [0.2, 0.25) is 5.75 Å². The predicted octanol–water partition coefficient (Wildman–Crippen LogP) is 4.42. The first-order valence-corrected chi connectivity index (χ1v) is 9.18. The van der Waals surface area contributed by atoms with E-state index in [0.29, 0.717) is 23.6 Å². The van der Waals surface area contributed by atoms with E-state index in [9.17, 15) is 9.90 Å². The van der Waals surface area contributed by atoms with Gasteiger partial charge < -0.3 is 24.3 Å². The van der Waals surface area contributed by atoms with Crippen molar-refractivity contribution in [2.24, 2.45) is 0 Å². The molecule has 7 heteroatoms. The molecule has 2 N–H and O–H groups in total. The Hall–Kier alpha value is -2.67. The van der Waals surface area contributed by atoms with E-state index < -0.39 is 5.97 Å². The standard InChI is InChI=1S/C20H20BrNO5/c1-4-27-20(24)18-14(13-10-12(21)5-6-15(13)22-18)7-11-8-16(25-2)19(23)17(9-11)26-3/h5-6,8-10,22-23H,4,7H2,1-3H3. The van der Waals surface area contributed by atoms with Gasteiger partial charge in [-0.15, -0.1) is 0 Å². The van der Waals surface area contributed by atoms with Crippen LogP contribution in [0.15, 0.2) is 34.8 Å². The predicted molar refractivity (Wildman–Crippen MR) is 106 cm³/mol. The van der Waals surface area contributed by atoms with Gasteiger partial charge in [0.15, 0.2) is 11.5 Å². The molecule has 0 radical (unpaired) electrons. The van der Waals surface area contributed by atoms with E-state index in [1.807, 2.05) is 18.2 Å². The first-order chi connectivity index (χ1) is 13.0. The summed E-state index contributed by atoms with van der Waals surface area (Å²) in [5, 5.41) is 11.0. The van der Waals surface area contributed by atoms with Crippen LogP contribution in [0.3, 0.4) is 0 Å². The van der Waals surface area contributed by atoms with Gasteiger partial charge in [0, 0.05) is 21.8 Å². The number of H-pyrrole nitrogens is 1. The van der Waals surface area contributed by atoms with Crippen molar-refractivity contribution in [3.63, 3.8) is 0 Å². The van der Waals surface area contributed by atoms with Gasteiger partial charge in [-0.25, -0.2) is 4.79 Å². The number of hydrogen-bond acceptors (Lipinski definition) is 5. The van der Waals surface area contributed by atoms with Crippen molar-refractivity contribution in [3.05, 3.63) is 51.6 Å². The van der Waals surface area contributed by atoms with Gasteiger partial charge in [0.25, 0.3) is 0 Å². The minimum Gasteiger partial charge on any atom is -0.502 e. The molecule has 142 valence electrons. The number of aromatic nitrogens is 1. The third kappa shape index (κ3) is 3.73. The number of halogens is 1. The van der Waals surface area contributed by atoms with Crippen molar-refractivity contribution < 1.29 is 24.1 Å². The van der Waals surface area contributed by atoms with Crippen molar-refractivity contribution in [1.29, 1.82) is 0 Å². The fourth-order valence-electron chi connectivity index (χ4n) is 3.04. The Kier molecular flexibility index (Phi) is 5.60. The van der Waals surface area contributed by atoms with Crippen LogP contribution in [-0.2, 0) is 11.2 Å². The number of rotatable bonds is 6. The molecule has 3 aromatic rings. The first kappa shape index (κ1) is 19.1. The zero-order valence-corrected chi connectivity index (χ0v) is 16.8. The van der Waals surface area contributed by atoms with E-state index in [1.165, 1.54) is 14.2 Å². The van der Waals surface area contributed by atoms with Gasteiger partial charge in [0.05, 0.1) is 20.8 Å². The molecular formula is C20H20BrNO5. The molecule has 6 nitrogen and oxygen atoms in total. The topological polar surface area (TPSA) is 80.8 Å². The summed E-state index contributed by atoms with van der Waals surface area (Å²) in [4.78, 5) is 15.6. The van der Waals surface area contributed by atoms with E-state index in [0.717, 1.165) is 26.5 Å². The summed E-state index contributed by atoms with van der Waals surface area (Å²) >= 11 is 3.48. The quantitative estimate of drug-likeness (QED) is 0.562. The highest BCUT2D eigenvalue weighted by atomic mass is 79.9. The van der Waals surface area contributed by atoms with Gasteiger partial charge >= 0.3 is 5.97 Å². The molecule has 0 spiro atoms. The molecule has 0 amide bonds. The second-order valence-electron chi connectivity index (χ2n) is 5.91. The maximum Gasteiger partial charge on any atom is 0.355 e. The zero-order chi connectivity index (χ0) is 19.6. The minimum atomic E-state index is -0.405. The molecular weight excluding hydrogens is 414 g/mol. The lowest BCUT2D eigenvalue weighted by Gasteiger charge is -2.12. The number of carbonyl (C=O) groups excluding carboxylic acids is 1. The number of carbonyl (C=O) groups is 1. The van der Waals surface area contributed by atoms with Gasteiger partial charge in [0.1, 0.15) is 5.69 Å². The average molecular weight is 434 g/mol. The Bertz CT molecular complexity index is 970. The van der Waals surface area contributed by atoms with E-state index in [-0.39, 0.29) is 12.4 Å². The lowest BCUT2D eigenvalue weighted by atomic mass is 10.0. The second-order valence-corrected chi connectivity index (χ2v) is 6.83. The van der Waals surface area contributed by atoms with E-state index >= 15 is 0 Å². The Morgan fingerprint density at radius 3 is 2.41 bits per heavy atom. The third-order valence-electron chi connectivity index (χ3n) is 4.27. The van der Waals surface area contributed by atoms with Crippen molar-refractivity contribution in [2.75, 3.05) is 20.8 Å². The van der Waals surface area contributed by atoms with Crippen molar-refractivity contribution in [1.82, 2.24) is 4.98 Å². The third-order valence-corrected chi connectivity index (χ3v) is 4.76. The number of benzene rings is 2. The number of hydrogen-bond donors (Lipinski definition) is 2.